The number of ether oxygens (including phenoxy) is 1. The van der Waals surface area contributed by atoms with Crippen molar-refractivity contribution in [2.75, 3.05) is 0 Å². The van der Waals surface area contributed by atoms with Gasteiger partial charge in [0.25, 0.3) is 0 Å². The maximum atomic E-state index is 11.9. The molecule has 0 aromatic heterocycles. The lowest BCUT2D eigenvalue weighted by Crippen LogP contribution is -2.41. The van der Waals surface area contributed by atoms with Gasteiger partial charge in [-0.15, -0.1) is 0 Å². The smallest absolute Gasteiger partial charge is 0.326 e. The monoisotopic (exact) mass is 351 g/mol. The lowest BCUT2D eigenvalue weighted by Gasteiger charge is -2.20. The maximum absolute atomic E-state index is 11.9. The van der Waals surface area contributed by atoms with Gasteiger partial charge in [-0.25, -0.2) is 4.79 Å². The van der Waals surface area contributed by atoms with Crippen LogP contribution in [0.5, 0.6) is 5.75 Å². The summed E-state index contributed by atoms with van der Waals surface area (Å²) in [6.45, 7) is 5.18. The number of rotatable bonds is 8. The minimum atomic E-state index is -1.19. The summed E-state index contributed by atoms with van der Waals surface area (Å²) in [5.74, 6) is -1.97. The summed E-state index contributed by atoms with van der Waals surface area (Å²) < 4.78 is 5.12. The number of aromatic hydroxyl groups is 1. The van der Waals surface area contributed by atoms with Crippen molar-refractivity contribution < 1.29 is 29.3 Å². The Hall–Kier alpha value is -2.57. The van der Waals surface area contributed by atoms with E-state index in [1.54, 1.807) is 32.9 Å². The third-order valence-electron chi connectivity index (χ3n) is 3.27. The van der Waals surface area contributed by atoms with Gasteiger partial charge in [0.05, 0.1) is 0 Å². The Morgan fingerprint density at radius 3 is 2.24 bits per heavy atom. The van der Waals surface area contributed by atoms with Gasteiger partial charge >= 0.3 is 11.9 Å². The number of benzene rings is 1. The number of aliphatic carboxylic acids is 1. The minimum absolute atomic E-state index is 0.0325. The average molecular weight is 351 g/mol. The highest BCUT2D eigenvalue weighted by Crippen LogP contribution is 2.12. The van der Waals surface area contributed by atoms with Crippen LogP contribution in [0.15, 0.2) is 24.3 Å². The molecule has 1 rings (SSSR count). The van der Waals surface area contributed by atoms with Crippen molar-refractivity contribution in [3.63, 3.8) is 0 Å². The standard InChI is InChI=1S/C18H25NO6/c1-18(2,3)25-16(22)11-9-14(17(23)24)19-15(21)10-6-12-4-7-13(20)8-5-12/h4-5,7-8,14,20H,6,9-11H2,1-3H3,(H,19,21)(H,23,24)/t14-/m0/s1. The van der Waals surface area contributed by atoms with Crippen molar-refractivity contribution in [2.24, 2.45) is 0 Å². The lowest BCUT2D eigenvalue weighted by atomic mass is 10.1. The summed E-state index contributed by atoms with van der Waals surface area (Å²) in [6, 6.07) is 5.29. The molecule has 138 valence electrons. The summed E-state index contributed by atoms with van der Waals surface area (Å²) in [4.78, 5) is 34.8. The van der Waals surface area contributed by atoms with Gasteiger partial charge < -0.3 is 20.3 Å². The molecule has 0 unspecified atom stereocenters. The first kappa shape index (κ1) is 20.5. The van der Waals surface area contributed by atoms with Crippen molar-refractivity contribution in [1.82, 2.24) is 5.32 Å². The number of carboxylic acid groups (broad SMARTS) is 1. The molecule has 1 aromatic rings. The van der Waals surface area contributed by atoms with Gasteiger partial charge in [0.1, 0.15) is 17.4 Å². The van der Waals surface area contributed by atoms with Crippen molar-refractivity contribution in [2.45, 2.75) is 58.1 Å². The molecule has 0 aliphatic heterocycles. The van der Waals surface area contributed by atoms with E-state index < -0.39 is 29.5 Å². The van der Waals surface area contributed by atoms with E-state index in [0.29, 0.717) is 6.42 Å². The van der Waals surface area contributed by atoms with Gasteiger partial charge in [0, 0.05) is 12.8 Å². The Balaban J connectivity index is 2.45. The maximum Gasteiger partial charge on any atom is 0.326 e. The van der Waals surface area contributed by atoms with E-state index in [9.17, 15) is 24.6 Å². The average Bonchev–Trinajstić information content (AvgIpc) is 2.48. The van der Waals surface area contributed by atoms with E-state index in [1.165, 1.54) is 12.1 Å². The number of esters is 1. The normalized spacial score (nSPS) is 12.3. The number of phenols is 1. The molecule has 0 radical (unpaired) electrons. The highest BCUT2D eigenvalue weighted by Gasteiger charge is 2.23. The topological polar surface area (TPSA) is 113 Å². The molecule has 0 spiro atoms. The number of carbonyl (C=O) groups excluding carboxylic acids is 2. The lowest BCUT2D eigenvalue weighted by molar-refractivity contribution is -0.155. The molecule has 7 nitrogen and oxygen atoms in total. The molecule has 0 bridgehead atoms. The zero-order chi connectivity index (χ0) is 19.0. The molecule has 0 saturated heterocycles. The Kier molecular flexibility index (Phi) is 7.42. The Morgan fingerprint density at radius 1 is 1.12 bits per heavy atom. The summed E-state index contributed by atoms with van der Waals surface area (Å²) in [6.07, 6.45) is 0.410. The fourth-order valence-corrected chi connectivity index (χ4v) is 2.10. The van der Waals surface area contributed by atoms with Crippen LogP contribution in [0.3, 0.4) is 0 Å². The largest absolute Gasteiger partial charge is 0.508 e. The number of carboxylic acids is 1. The number of aryl methyl sites for hydroxylation is 1. The van der Waals surface area contributed by atoms with Gasteiger partial charge in [0.15, 0.2) is 0 Å². The summed E-state index contributed by atoms with van der Waals surface area (Å²) in [7, 11) is 0. The van der Waals surface area contributed by atoms with Crippen LogP contribution in [-0.4, -0.2) is 39.7 Å². The molecule has 1 atom stereocenters. The van der Waals surface area contributed by atoms with Gasteiger partial charge in [-0.05, 0) is 51.3 Å². The van der Waals surface area contributed by atoms with Crippen LogP contribution in [0.1, 0.15) is 45.6 Å². The molecule has 0 aliphatic rings. The highest BCUT2D eigenvalue weighted by molar-refractivity contribution is 5.84. The number of nitrogens with one attached hydrogen (secondary N) is 1. The second-order valence-electron chi connectivity index (χ2n) is 6.75. The number of hydrogen-bond acceptors (Lipinski definition) is 5. The molecule has 0 heterocycles. The SMILES string of the molecule is CC(C)(C)OC(=O)CC[C@H](NC(=O)CCc1ccc(O)cc1)C(=O)O. The first-order valence-electron chi connectivity index (χ1n) is 8.09. The Bertz CT molecular complexity index is 603. The molecular weight excluding hydrogens is 326 g/mol. The van der Waals surface area contributed by atoms with Crippen LogP contribution >= 0.6 is 0 Å². The van der Waals surface area contributed by atoms with Gasteiger partial charge in [-0.3, -0.25) is 9.59 Å². The number of carbonyl (C=O) groups is 3. The second kappa shape index (κ2) is 9.05. The van der Waals surface area contributed by atoms with E-state index in [1.807, 2.05) is 0 Å². The zero-order valence-corrected chi connectivity index (χ0v) is 14.7. The highest BCUT2D eigenvalue weighted by atomic mass is 16.6. The summed E-state index contributed by atoms with van der Waals surface area (Å²) >= 11 is 0. The molecule has 1 aromatic carbocycles. The van der Waals surface area contributed by atoms with Gasteiger partial charge in [-0.2, -0.15) is 0 Å². The first-order valence-corrected chi connectivity index (χ1v) is 8.09. The zero-order valence-electron chi connectivity index (χ0n) is 14.7. The van der Waals surface area contributed by atoms with E-state index >= 15 is 0 Å². The van der Waals surface area contributed by atoms with Crippen LogP contribution in [-0.2, 0) is 25.5 Å². The van der Waals surface area contributed by atoms with Crippen molar-refractivity contribution in [1.29, 1.82) is 0 Å². The Morgan fingerprint density at radius 2 is 1.72 bits per heavy atom. The van der Waals surface area contributed by atoms with Crippen LogP contribution < -0.4 is 5.32 Å². The van der Waals surface area contributed by atoms with Gasteiger partial charge in [-0.1, -0.05) is 12.1 Å². The van der Waals surface area contributed by atoms with Crippen LogP contribution in [0.2, 0.25) is 0 Å². The summed E-state index contributed by atoms with van der Waals surface area (Å²) in [5.41, 5.74) is 0.219. The molecule has 25 heavy (non-hydrogen) atoms. The fourth-order valence-electron chi connectivity index (χ4n) is 2.10. The van der Waals surface area contributed by atoms with Crippen molar-refractivity contribution in [3.05, 3.63) is 29.8 Å². The third kappa shape index (κ3) is 8.74. The predicted molar refractivity (Wildman–Crippen MR) is 91.1 cm³/mol. The van der Waals surface area contributed by atoms with E-state index in [4.69, 9.17) is 4.74 Å². The Labute approximate surface area is 147 Å². The molecule has 7 heteroatoms. The van der Waals surface area contributed by atoms with E-state index in [-0.39, 0.29) is 25.0 Å². The number of hydrogen-bond donors (Lipinski definition) is 3. The molecule has 1 amide bonds. The fraction of sp³-hybridized carbons (Fsp3) is 0.500. The van der Waals surface area contributed by atoms with Crippen molar-refractivity contribution in [3.8, 4) is 5.75 Å². The minimum Gasteiger partial charge on any atom is -0.508 e. The first-order chi connectivity index (χ1) is 11.6. The second-order valence-corrected chi connectivity index (χ2v) is 6.75. The number of amides is 1. The third-order valence-corrected chi connectivity index (χ3v) is 3.27. The molecule has 0 saturated carbocycles. The van der Waals surface area contributed by atoms with Crippen LogP contribution in [0, 0.1) is 0 Å². The molecule has 3 N–H and O–H groups in total. The predicted octanol–water partition coefficient (Wildman–Crippen LogP) is 2.02. The van der Waals surface area contributed by atoms with E-state index in [0.717, 1.165) is 5.56 Å². The molecule has 0 fully saturated rings. The van der Waals surface area contributed by atoms with E-state index in [2.05, 4.69) is 5.32 Å². The van der Waals surface area contributed by atoms with Crippen molar-refractivity contribution >= 4 is 17.8 Å². The van der Waals surface area contributed by atoms with Gasteiger partial charge in [0.2, 0.25) is 5.91 Å². The number of phenolic OH excluding ortho intramolecular Hbond substituents is 1. The molecule has 0 aliphatic carbocycles. The summed E-state index contributed by atoms with van der Waals surface area (Å²) in [5, 5.41) is 20.8. The molecular formula is C18H25NO6. The quantitative estimate of drug-likeness (QED) is 0.618. The van der Waals surface area contributed by atoms with Crippen LogP contribution in [0.25, 0.3) is 0 Å². The van der Waals surface area contributed by atoms with Crippen LogP contribution in [0.4, 0.5) is 0 Å².